The Morgan fingerprint density at radius 3 is 2.55 bits per heavy atom. The van der Waals surface area contributed by atoms with Crippen molar-refractivity contribution in [2.24, 2.45) is 0 Å². The molecule has 0 fully saturated rings. The lowest BCUT2D eigenvalue weighted by atomic mass is 10.0. The summed E-state index contributed by atoms with van der Waals surface area (Å²) in [5, 5.41) is 9.86. The summed E-state index contributed by atoms with van der Waals surface area (Å²) >= 11 is 1.80. The number of carbonyl (C=O) groups is 1. The van der Waals surface area contributed by atoms with Gasteiger partial charge in [0.2, 0.25) is 0 Å². The minimum atomic E-state index is -0.193. The van der Waals surface area contributed by atoms with E-state index in [1.54, 1.807) is 11.8 Å². The third-order valence-electron chi connectivity index (χ3n) is 3.89. The summed E-state index contributed by atoms with van der Waals surface area (Å²) in [5.41, 5.74) is 7.61. The SMILES string of the molecule is CCCc1[nH]nc(C(=O)NCC(CC)(CC)SC)c1N. The summed E-state index contributed by atoms with van der Waals surface area (Å²) < 4.78 is 0.0903. The van der Waals surface area contributed by atoms with Crippen LogP contribution < -0.4 is 11.1 Å². The van der Waals surface area contributed by atoms with Crippen LogP contribution in [0, 0.1) is 0 Å². The number of hydrogen-bond donors (Lipinski definition) is 3. The van der Waals surface area contributed by atoms with E-state index in [1.165, 1.54) is 0 Å². The van der Waals surface area contributed by atoms with Crippen molar-refractivity contribution < 1.29 is 4.79 Å². The number of nitrogen functional groups attached to an aromatic ring is 1. The molecule has 20 heavy (non-hydrogen) atoms. The average molecular weight is 298 g/mol. The molecule has 0 atom stereocenters. The lowest BCUT2D eigenvalue weighted by Gasteiger charge is -2.29. The van der Waals surface area contributed by atoms with Crippen LogP contribution >= 0.6 is 11.8 Å². The molecule has 1 aromatic heterocycles. The lowest BCUT2D eigenvalue weighted by Crippen LogP contribution is -2.39. The van der Waals surface area contributed by atoms with Crippen LogP contribution in [-0.2, 0) is 6.42 Å². The molecule has 1 rings (SSSR count). The van der Waals surface area contributed by atoms with Gasteiger partial charge in [-0.05, 0) is 25.5 Å². The summed E-state index contributed by atoms with van der Waals surface area (Å²) in [7, 11) is 0. The molecule has 6 heteroatoms. The minimum absolute atomic E-state index is 0.0903. The molecule has 0 aromatic carbocycles. The van der Waals surface area contributed by atoms with Gasteiger partial charge in [0.15, 0.2) is 5.69 Å². The molecular formula is C14H26N4OS. The first-order valence-electron chi connectivity index (χ1n) is 7.19. The molecule has 0 aliphatic carbocycles. The number of carbonyl (C=O) groups excluding carboxylic acids is 1. The molecule has 0 aliphatic rings. The Bertz CT molecular complexity index is 432. The highest BCUT2D eigenvalue weighted by molar-refractivity contribution is 8.00. The van der Waals surface area contributed by atoms with Crippen LogP contribution in [0.3, 0.4) is 0 Å². The van der Waals surface area contributed by atoms with Crippen LogP contribution in [0.25, 0.3) is 0 Å². The van der Waals surface area contributed by atoms with E-state index >= 15 is 0 Å². The molecule has 0 bridgehead atoms. The fourth-order valence-corrected chi connectivity index (χ4v) is 2.98. The van der Waals surface area contributed by atoms with Crippen molar-refractivity contribution in [3.05, 3.63) is 11.4 Å². The highest BCUT2D eigenvalue weighted by Gasteiger charge is 2.26. The normalized spacial score (nSPS) is 11.6. The Morgan fingerprint density at radius 1 is 1.40 bits per heavy atom. The Morgan fingerprint density at radius 2 is 2.05 bits per heavy atom. The topological polar surface area (TPSA) is 83.8 Å². The summed E-state index contributed by atoms with van der Waals surface area (Å²) in [4.78, 5) is 12.2. The third-order valence-corrected chi connectivity index (χ3v) is 5.48. The molecule has 4 N–H and O–H groups in total. The number of nitrogens with one attached hydrogen (secondary N) is 2. The van der Waals surface area contributed by atoms with Crippen molar-refractivity contribution in [1.82, 2.24) is 15.5 Å². The molecule has 1 amide bonds. The largest absolute Gasteiger partial charge is 0.395 e. The second-order valence-corrected chi connectivity index (χ2v) is 6.27. The zero-order valence-electron chi connectivity index (χ0n) is 12.9. The molecule has 1 heterocycles. The Kier molecular flexibility index (Phi) is 6.39. The van der Waals surface area contributed by atoms with Gasteiger partial charge in [-0.15, -0.1) is 0 Å². The highest BCUT2D eigenvalue weighted by Crippen LogP contribution is 2.29. The number of rotatable bonds is 8. The Labute approximate surface area is 125 Å². The van der Waals surface area contributed by atoms with Crippen LogP contribution in [0.5, 0.6) is 0 Å². The number of thioether (sulfide) groups is 1. The summed E-state index contributed by atoms with van der Waals surface area (Å²) in [5.74, 6) is -0.193. The van der Waals surface area contributed by atoms with Crippen molar-refractivity contribution in [2.45, 2.75) is 51.2 Å². The number of nitrogens with two attached hydrogens (primary N) is 1. The van der Waals surface area contributed by atoms with Crippen molar-refractivity contribution in [1.29, 1.82) is 0 Å². The van der Waals surface area contributed by atoms with Crippen LogP contribution in [-0.4, -0.2) is 33.7 Å². The zero-order valence-corrected chi connectivity index (χ0v) is 13.7. The van der Waals surface area contributed by atoms with Gasteiger partial charge in [-0.3, -0.25) is 9.89 Å². The van der Waals surface area contributed by atoms with Crippen LogP contribution in [0.1, 0.15) is 56.2 Å². The molecule has 1 aromatic rings. The van der Waals surface area contributed by atoms with E-state index in [2.05, 4.69) is 42.5 Å². The molecule has 0 unspecified atom stereocenters. The molecular weight excluding hydrogens is 272 g/mol. The number of aromatic nitrogens is 2. The van der Waals surface area contributed by atoms with Gasteiger partial charge in [0.05, 0.1) is 11.4 Å². The quantitative estimate of drug-likeness (QED) is 0.689. The minimum Gasteiger partial charge on any atom is -0.395 e. The summed E-state index contributed by atoms with van der Waals surface area (Å²) in [6.45, 7) is 6.99. The van der Waals surface area contributed by atoms with E-state index in [0.717, 1.165) is 31.4 Å². The zero-order chi connectivity index (χ0) is 15.2. The number of H-pyrrole nitrogens is 1. The summed E-state index contributed by atoms with van der Waals surface area (Å²) in [6.07, 6.45) is 5.89. The van der Waals surface area contributed by atoms with Crippen LogP contribution in [0.15, 0.2) is 0 Å². The second kappa shape index (κ2) is 7.57. The first-order chi connectivity index (χ1) is 9.53. The predicted octanol–water partition coefficient (Wildman–Crippen LogP) is 2.60. The maximum atomic E-state index is 12.2. The molecule has 0 radical (unpaired) electrons. The fraction of sp³-hybridized carbons (Fsp3) is 0.714. The number of aromatic amines is 1. The second-order valence-electron chi connectivity index (χ2n) is 4.99. The van der Waals surface area contributed by atoms with Gasteiger partial charge in [0.25, 0.3) is 5.91 Å². The number of nitrogens with zero attached hydrogens (tertiary/aromatic N) is 1. The smallest absolute Gasteiger partial charge is 0.273 e. The summed E-state index contributed by atoms with van der Waals surface area (Å²) in [6, 6.07) is 0. The number of amides is 1. The molecule has 5 nitrogen and oxygen atoms in total. The van der Waals surface area contributed by atoms with E-state index in [-0.39, 0.29) is 10.7 Å². The number of anilines is 1. The third kappa shape index (κ3) is 3.69. The van der Waals surface area contributed by atoms with Crippen LogP contribution in [0.4, 0.5) is 5.69 Å². The van der Waals surface area contributed by atoms with Crippen molar-refractivity contribution in [3.63, 3.8) is 0 Å². The standard InChI is InChI=1S/C14H26N4OS/c1-5-8-10-11(15)12(18-17-10)13(19)16-9-14(6-2,7-3)20-4/h5-9,15H2,1-4H3,(H,16,19)(H,17,18). The molecule has 0 spiro atoms. The predicted molar refractivity (Wildman–Crippen MR) is 86.2 cm³/mol. The van der Waals surface area contributed by atoms with Gasteiger partial charge in [-0.25, -0.2) is 0 Å². The first-order valence-corrected chi connectivity index (χ1v) is 8.42. The fourth-order valence-electron chi connectivity index (χ4n) is 2.19. The molecule has 114 valence electrons. The number of aryl methyl sites for hydroxylation is 1. The Hall–Kier alpha value is -1.17. The van der Waals surface area contributed by atoms with Gasteiger partial charge in [0, 0.05) is 11.3 Å². The van der Waals surface area contributed by atoms with Gasteiger partial charge in [-0.1, -0.05) is 27.2 Å². The van der Waals surface area contributed by atoms with Gasteiger partial charge in [0.1, 0.15) is 0 Å². The van der Waals surface area contributed by atoms with Crippen molar-refractivity contribution >= 4 is 23.4 Å². The average Bonchev–Trinajstić information content (AvgIpc) is 2.83. The van der Waals surface area contributed by atoms with Crippen molar-refractivity contribution in [3.8, 4) is 0 Å². The van der Waals surface area contributed by atoms with Crippen molar-refractivity contribution in [2.75, 3.05) is 18.5 Å². The first kappa shape index (κ1) is 16.9. The number of hydrogen-bond acceptors (Lipinski definition) is 4. The molecule has 0 aliphatic heterocycles. The van der Waals surface area contributed by atoms with Gasteiger partial charge >= 0.3 is 0 Å². The van der Waals surface area contributed by atoms with E-state index in [0.29, 0.717) is 17.9 Å². The molecule has 0 saturated heterocycles. The van der Waals surface area contributed by atoms with Gasteiger partial charge < -0.3 is 11.1 Å². The highest BCUT2D eigenvalue weighted by atomic mass is 32.2. The lowest BCUT2D eigenvalue weighted by molar-refractivity contribution is 0.0945. The van der Waals surface area contributed by atoms with E-state index in [1.807, 2.05) is 0 Å². The van der Waals surface area contributed by atoms with Crippen LogP contribution in [0.2, 0.25) is 0 Å². The van der Waals surface area contributed by atoms with E-state index in [9.17, 15) is 4.79 Å². The molecule has 0 saturated carbocycles. The van der Waals surface area contributed by atoms with E-state index in [4.69, 9.17) is 5.73 Å². The van der Waals surface area contributed by atoms with Gasteiger partial charge in [-0.2, -0.15) is 16.9 Å². The Balaban J connectivity index is 2.72. The maximum absolute atomic E-state index is 12.2. The maximum Gasteiger partial charge on any atom is 0.273 e. The van der Waals surface area contributed by atoms with E-state index < -0.39 is 0 Å². The monoisotopic (exact) mass is 298 g/mol.